The van der Waals surface area contributed by atoms with Crippen LogP contribution in [0.2, 0.25) is 0 Å². The number of carboxylic acid groups (broad SMARTS) is 1. The lowest BCUT2D eigenvalue weighted by atomic mass is 10.3. The number of carbonyl (C=O) groups is 1. The molecule has 0 aromatic carbocycles. The molecule has 20 heavy (non-hydrogen) atoms. The minimum atomic E-state index is -1.21. The van der Waals surface area contributed by atoms with Gasteiger partial charge < -0.3 is 14.1 Å². The number of halogens is 1. The van der Waals surface area contributed by atoms with Crippen molar-refractivity contribution in [3.8, 4) is 0 Å². The summed E-state index contributed by atoms with van der Waals surface area (Å²) in [5.41, 5.74) is -1.30. The predicted octanol–water partition coefficient (Wildman–Crippen LogP) is 1.86. The number of nitro groups is 1. The molecule has 2 heterocycles. The number of hydrogen-bond acceptors (Lipinski definition) is 5. The van der Waals surface area contributed by atoms with Crippen molar-refractivity contribution in [2.24, 2.45) is 0 Å². The number of carboxylic acids is 1. The first kappa shape index (κ1) is 14.0. The summed E-state index contributed by atoms with van der Waals surface area (Å²) in [6.07, 6.45) is 2.42. The van der Waals surface area contributed by atoms with Gasteiger partial charge in [0.25, 0.3) is 5.43 Å². The van der Waals surface area contributed by atoms with E-state index in [-0.39, 0.29) is 16.8 Å². The van der Waals surface area contributed by atoms with Crippen molar-refractivity contribution in [1.29, 1.82) is 0 Å². The van der Waals surface area contributed by atoms with E-state index in [1.165, 1.54) is 22.9 Å². The second-order valence-corrected chi connectivity index (χ2v) is 4.68. The monoisotopic (exact) mass is 342 g/mol. The molecule has 0 saturated heterocycles. The van der Waals surface area contributed by atoms with Gasteiger partial charge in [0.15, 0.2) is 0 Å². The van der Waals surface area contributed by atoms with Gasteiger partial charge in [0.2, 0.25) is 5.76 Å². The lowest BCUT2D eigenvalue weighted by Gasteiger charge is -2.04. The summed E-state index contributed by atoms with van der Waals surface area (Å²) in [6, 6.07) is 2.73. The molecule has 2 rings (SSSR count). The smallest absolute Gasteiger partial charge is 0.371 e. The topological polar surface area (TPSA) is 116 Å². The Morgan fingerprint density at radius 1 is 1.45 bits per heavy atom. The van der Waals surface area contributed by atoms with E-state index in [2.05, 4.69) is 15.9 Å². The molecule has 0 atom stereocenters. The summed E-state index contributed by atoms with van der Waals surface area (Å²) in [5, 5.41) is 19.5. The van der Waals surface area contributed by atoms with Gasteiger partial charge in [-0.2, -0.15) is 0 Å². The summed E-state index contributed by atoms with van der Waals surface area (Å²) in [5.74, 6) is -1.13. The molecule has 0 bridgehead atoms. The molecule has 0 aliphatic carbocycles. The van der Waals surface area contributed by atoms with Gasteiger partial charge >= 0.3 is 11.7 Å². The van der Waals surface area contributed by atoms with Crippen molar-refractivity contribution in [2.75, 3.05) is 0 Å². The van der Waals surface area contributed by atoms with Gasteiger partial charge in [-0.1, -0.05) is 0 Å². The zero-order chi connectivity index (χ0) is 14.9. The highest BCUT2D eigenvalue weighted by Crippen LogP contribution is 2.14. The van der Waals surface area contributed by atoms with E-state index in [9.17, 15) is 19.7 Å². The third-order valence-corrected chi connectivity index (χ3v) is 2.99. The second kappa shape index (κ2) is 5.29. The van der Waals surface area contributed by atoms with Gasteiger partial charge in [0.05, 0.1) is 22.1 Å². The Labute approximate surface area is 119 Å². The summed E-state index contributed by atoms with van der Waals surface area (Å²) in [6.45, 7) is 0.0625. The molecule has 9 heteroatoms. The maximum Gasteiger partial charge on any atom is 0.371 e. The van der Waals surface area contributed by atoms with Gasteiger partial charge in [-0.05, 0) is 28.1 Å². The first-order valence-corrected chi connectivity index (χ1v) is 6.04. The fourth-order valence-electron chi connectivity index (χ4n) is 1.56. The van der Waals surface area contributed by atoms with E-state index in [0.29, 0.717) is 5.76 Å². The number of aromatic carboxylic acids is 1. The number of aromatic nitrogens is 1. The van der Waals surface area contributed by atoms with Crippen molar-refractivity contribution < 1.29 is 19.2 Å². The first-order valence-electron chi connectivity index (χ1n) is 5.24. The van der Waals surface area contributed by atoms with Gasteiger partial charge in [0.1, 0.15) is 5.76 Å². The Bertz CT molecular complexity index is 748. The van der Waals surface area contributed by atoms with Crippen LogP contribution in [0, 0.1) is 10.1 Å². The summed E-state index contributed by atoms with van der Waals surface area (Å²) < 4.78 is 6.43. The standard InChI is InChI=1S/C11H7BrN2O6/c12-7-4-13(5-8(10(7)15)14(18)19)3-6-1-2-9(20-6)11(16)17/h1-2,4-5H,3H2,(H,16,17). The molecule has 2 aromatic rings. The third kappa shape index (κ3) is 2.77. The highest BCUT2D eigenvalue weighted by Gasteiger charge is 2.16. The SMILES string of the molecule is O=C(O)c1ccc(Cn2cc(Br)c(=O)c([N+](=O)[O-])c2)o1. The van der Waals surface area contributed by atoms with E-state index < -0.39 is 22.0 Å². The molecule has 0 unspecified atom stereocenters. The van der Waals surface area contributed by atoms with Crippen molar-refractivity contribution in [3.63, 3.8) is 0 Å². The molecule has 1 N–H and O–H groups in total. The van der Waals surface area contributed by atoms with Gasteiger partial charge in [-0.3, -0.25) is 14.9 Å². The van der Waals surface area contributed by atoms with Gasteiger partial charge in [-0.25, -0.2) is 4.79 Å². The van der Waals surface area contributed by atoms with Gasteiger partial charge in [0, 0.05) is 6.20 Å². The molecule has 8 nitrogen and oxygen atoms in total. The van der Waals surface area contributed by atoms with Crippen LogP contribution in [-0.2, 0) is 6.54 Å². The zero-order valence-corrected chi connectivity index (χ0v) is 11.4. The molecule has 0 aliphatic heterocycles. The van der Waals surface area contributed by atoms with Crippen LogP contribution in [0.4, 0.5) is 5.69 Å². The first-order chi connectivity index (χ1) is 9.38. The maximum atomic E-state index is 11.5. The van der Waals surface area contributed by atoms with Crippen LogP contribution in [0.3, 0.4) is 0 Å². The number of rotatable bonds is 4. The lowest BCUT2D eigenvalue weighted by Crippen LogP contribution is -2.13. The Kier molecular flexibility index (Phi) is 3.70. The molecular formula is C11H7BrN2O6. The Morgan fingerprint density at radius 2 is 2.15 bits per heavy atom. The van der Waals surface area contributed by atoms with Crippen molar-refractivity contribution >= 4 is 27.6 Å². The molecule has 104 valence electrons. The fourth-order valence-corrected chi connectivity index (χ4v) is 2.02. The molecule has 0 aliphatic rings. The minimum Gasteiger partial charge on any atom is -0.475 e. The highest BCUT2D eigenvalue weighted by molar-refractivity contribution is 9.10. The van der Waals surface area contributed by atoms with E-state index in [1.807, 2.05) is 0 Å². The van der Waals surface area contributed by atoms with Crippen LogP contribution in [0.25, 0.3) is 0 Å². The molecule has 0 radical (unpaired) electrons. The van der Waals surface area contributed by atoms with Crippen LogP contribution < -0.4 is 5.43 Å². The van der Waals surface area contributed by atoms with Crippen LogP contribution >= 0.6 is 15.9 Å². The third-order valence-electron chi connectivity index (χ3n) is 2.42. The van der Waals surface area contributed by atoms with Gasteiger partial charge in [-0.15, -0.1) is 0 Å². The summed E-state index contributed by atoms with van der Waals surface area (Å²) in [7, 11) is 0. The largest absolute Gasteiger partial charge is 0.475 e. The summed E-state index contributed by atoms with van der Waals surface area (Å²) in [4.78, 5) is 32.1. The van der Waals surface area contributed by atoms with E-state index in [0.717, 1.165) is 6.20 Å². The molecular weight excluding hydrogens is 336 g/mol. The summed E-state index contributed by atoms with van der Waals surface area (Å²) >= 11 is 2.94. The van der Waals surface area contributed by atoms with E-state index in [1.54, 1.807) is 0 Å². The Hall–Kier alpha value is -2.42. The van der Waals surface area contributed by atoms with Crippen molar-refractivity contribution in [3.05, 3.63) is 60.9 Å². The molecule has 0 saturated carbocycles. The number of hydrogen-bond donors (Lipinski definition) is 1. The normalized spacial score (nSPS) is 10.4. The number of nitrogens with zero attached hydrogens (tertiary/aromatic N) is 2. The molecule has 0 amide bonds. The Balaban J connectivity index is 2.36. The molecule has 0 spiro atoms. The minimum absolute atomic E-state index is 0.0386. The van der Waals surface area contributed by atoms with Crippen LogP contribution in [0.15, 0.2) is 38.2 Å². The average molecular weight is 343 g/mol. The van der Waals surface area contributed by atoms with E-state index in [4.69, 9.17) is 9.52 Å². The van der Waals surface area contributed by atoms with Crippen LogP contribution in [0.5, 0.6) is 0 Å². The number of furan rings is 1. The second-order valence-electron chi connectivity index (χ2n) is 3.82. The molecule has 2 aromatic heterocycles. The molecule has 0 fully saturated rings. The Morgan fingerprint density at radius 3 is 2.70 bits per heavy atom. The quantitative estimate of drug-likeness (QED) is 0.669. The van der Waals surface area contributed by atoms with Crippen LogP contribution in [-0.4, -0.2) is 20.6 Å². The van der Waals surface area contributed by atoms with Crippen LogP contribution in [0.1, 0.15) is 16.3 Å². The predicted molar refractivity (Wildman–Crippen MR) is 69.8 cm³/mol. The average Bonchev–Trinajstić information content (AvgIpc) is 2.81. The number of pyridine rings is 1. The highest BCUT2D eigenvalue weighted by atomic mass is 79.9. The van der Waals surface area contributed by atoms with E-state index >= 15 is 0 Å². The van der Waals surface area contributed by atoms with Crippen molar-refractivity contribution in [2.45, 2.75) is 6.54 Å². The maximum absolute atomic E-state index is 11.5. The fraction of sp³-hybridized carbons (Fsp3) is 0.0909. The van der Waals surface area contributed by atoms with Crippen molar-refractivity contribution in [1.82, 2.24) is 4.57 Å². The lowest BCUT2D eigenvalue weighted by molar-refractivity contribution is -0.386. The zero-order valence-electron chi connectivity index (χ0n) is 9.78.